The van der Waals surface area contributed by atoms with Gasteiger partial charge >= 0.3 is 0 Å². The normalized spacial score (nSPS) is 17.3. The van der Waals surface area contributed by atoms with Crippen LogP contribution in [0.25, 0.3) is 0 Å². The van der Waals surface area contributed by atoms with Gasteiger partial charge in [-0.3, -0.25) is 4.79 Å². The molecule has 1 heterocycles. The Hall–Kier alpha value is -2.11. The second-order valence-electron chi connectivity index (χ2n) is 6.18. The monoisotopic (exact) mass is 336 g/mol. The molecule has 0 bridgehead atoms. The Labute approximate surface area is 144 Å². The maximum absolute atomic E-state index is 12.3. The van der Waals surface area contributed by atoms with Gasteiger partial charge in [-0.25, -0.2) is 0 Å². The molecule has 1 fully saturated rings. The summed E-state index contributed by atoms with van der Waals surface area (Å²) >= 11 is 0. The summed E-state index contributed by atoms with van der Waals surface area (Å²) in [6, 6.07) is 3.68. The predicted octanol–water partition coefficient (Wildman–Crippen LogP) is 2.77. The molecule has 1 atom stereocenters. The second kappa shape index (κ2) is 8.66. The molecule has 134 valence electrons. The first-order chi connectivity index (χ1) is 11.6. The molecule has 1 aromatic rings. The van der Waals surface area contributed by atoms with Crippen LogP contribution in [0, 0.1) is 5.92 Å². The van der Waals surface area contributed by atoms with Crippen molar-refractivity contribution in [2.75, 3.05) is 46.3 Å². The molecule has 6 heteroatoms. The number of methoxy groups -OCH3 is 3. The van der Waals surface area contributed by atoms with Crippen molar-refractivity contribution in [2.24, 2.45) is 5.92 Å². The first-order valence-corrected chi connectivity index (χ1v) is 8.40. The van der Waals surface area contributed by atoms with E-state index in [1.165, 1.54) is 6.42 Å². The number of carbonyl (C=O) groups excluding carboxylic acids is 1. The molecule has 0 aromatic heterocycles. The van der Waals surface area contributed by atoms with Crippen LogP contribution in [0.15, 0.2) is 12.1 Å². The summed E-state index contributed by atoms with van der Waals surface area (Å²) in [6.07, 6.45) is 2.80. The topological polar surface area (TPSA) is 60.0 Å². The minimum atomic E-state index is 0.210. The number of anilines is 1. The third-order valence-electron chi connectivity index (χ3n) is 4.34. The van der Waals surface area contributed by atoms with E-state index < -0.39 is 0 Å². The number of hydrogen-bond acceptors (Lipinski definition) is 5. The van der Waals surface area contributed by atoms with E-state index in [-0.39, 0.29) is 5.91 Å². The molecule has 1 unspecified atom stereocenters. The van der Waals surface area contributed by atoms with Gasteiger partial charge in [0.25, 0.3) is 0 Å². The Morgan fingerprint density at radius 1 is 1.21 bits per heavy atom. The molecule has 0 radical (unpaired) electrons. The van der Waals surface area contributed by atoms with E-state index in [0.717, 1.165) is 25.2 Å². The van der Waals surface area contributed by atoms with E-state index in [0.29, 0.717) is 36.1 Å². The predicted molar refractivity (Wildman–Crippen MR) is 94.2 cm³/mol. The molecule has 1 aliphatic rings. The van der Waals surface area contributed by atoms with Crippen molar-refractivity contribution in [2.45, 2.75) is 26.2 Å². The zero-order chi connectivity index (χ0) is 17.5. The summed E-state index contributed by atoms with van der Waals surface area (Å²) < 4.78 is 16.0. The number of nitrogens with one attached hydrogen (secondary N) is 1. The van der Waals surface area contributed by atoms with Crippen LogP contribution < -0.4 is 19.5 Å². The fourth-order valence-corrected chi connectivity index (χ4v) is 3.07. The van der Waals surface area contributed by atoms with Gasteiger partial charge in [-0.1, -0.05) is 6.92 Å². The highest BCUT2D eigenvalue weighted by Crippen LogP contribution is 2.39. The van der Waals surface area contributed by atoms with Crippen molar-refractivity contribution in [3.8, 4) is 17.2 Å². The van der Waals surface area contributed by atoms with Gasteiger partial charge in [-0.15, -0.1) is 0 Å². The van der Waals surface area contributed by atoms with Crippen LogP contribution in [0.4, 0.5) is 5.69 Å². The third kappa shape index (κ3) is 4.46. The van der Waals surface area contributed by atoms with E-state index >= 15 is 0 Å². The molecule has 1 aliphatic heterocycles. The molecule has 6 nitrogen and oxygen atoms in total. The Balaban J connectivity index is 1.93. The van der Waals surface area contributed by atoms with Crippen LogP contribution in [-0.4, -0.2) is 51.8 Å². The van der Waals surface area contributed by atoms with E-state index in [1.807, 2.05) is 17.0 Å². The molecule has 0 aliphatic carbocycles. The number of amides is 1. The van der Waals surface area contributed by atoms with Gasteiger partial charge in [0.2, 0.25) is 11.7 Å². The second-order valence-corrected chi connectivity index (χ2v) is 6.18. The summed E-state index contributed by atoms with van der Waals surface area (Å²) in [7, 11) is 4.75. The summed E-state index contributed by atoms with van der Waals surface area (Å²) in [5.41, 5.74) is 0.837. The number of benzene rings is 1. The van der Waals surface area contributed by atoms with Gasteiger partial charge in [0.1, 0.15) is 0 Å². The van der Waals surface area contributed by atoms with Gasteiger partial charge in [0.05, 0.1) is 21.3 Å². The standard InChI is InChI=1S/C18H28N2O4/c1-13-6-5-9-20(12-13)17(21)7-8-19-14-10-15(22-2)18(24-4)16(11-14)23-3/h10-11,13,19H,5-9,12H2,1-4H3. The number of piperidine rings is 1. The first kappa shape index (κ1) is 18.2. The molecule has 1 aromatic carbocycles. The van der Waals surface area contributed by atoms with E-state index in [4.69, 9.17) is 14.2 Å². The Kier molecular flexibility index (Phi) is 6.58. The third-order valence-corrected chi connectivity index (χ3v) is 4.34. The zero-order valence-electron chi connectivity index (χ0n) is 15.1. The summed E-state index contributed by atoms with van der Waals surface area (Å²) in [5, 5.41) is 3.26. The van der Waals surface area contributed by atoms with Crippen molar-refractivity contribution in [1.82, 2.24) is 4.90 Å². The van der Waals surface area contributed by atoms with Crippen LogP contribution in [0.3, 0.4) is 0 Å². The first-order valence-electron chi connectivity index (χ1n) is 8.40. The van der Waals surface area contributed by atoms with Gasteiger partial charge in [0.15, 0.2) is 11.5 Å². The number of likely N-dealkylation sites (tertiary alicyclic amines) is 1. The van der Waals surface area contributed by atoms with Crippen molar-refractivity contribution in [1.29, 1.82) is 0 Å². The molecular weight excluding hydrogens is 308 g/mol. The quantitative estimate of drug-likeness (QED) is 0.830. The SMILES string of the molecule is COc1cc(NCCC(=O)N2CCCC(C)C2)cc(OC)c1OC. The molecule has 1 saturated heterocycles. The van der Waals surface area contributed by atoms with Crippen molar-refractivity contribution in [3.63, 3.8) is 0 Å². The number of hydrogen-bond donors (Lipinski definition) is 1. The summed E-state index contributed by atoms with van der Waals surface area (Å²) in [4.78, 5) is 14.3. The molecule has 2 rings (SSSR count). The highest BCUT2D eigenvalue weighted by Gasteiger charge is 2.20. The highest BCUT2D eigenvalue weighted by atomic mass is 16.5. The van der Waals surface area contributed by atoms with Gasteiger partial charge in [-0.05, 0) is 18.8 Å². The zero-order valence-corrected chi connectivity index (χ0v) is 15.1. The number of rotatable bonds is 7. The van der Waals surface area contributed by atoms with Gasteiger partial charge < -0.3 is 24.4 Å². The average Bonchev–Trinajstić information content (AvgIpc) is 2.60. The molecule has 0 spiro atoms. The lowest BCUT2D eigenvalue weighted by Gasteiger charge is -2.31. The molecule has 1 amide bonds. The lowest BCUT2D eigenvalue weighted by molar-refractivity contribution is -0.132. The smallest absolute Gasteiger partial charge is 0.224 e. The van der Waals surface area contributed by atoms with E-state index in [2.05, 4.69) is 12.2 Å². The number of carbonyl (C=O) groups is 1. The van der Waals surface area contributed by atoms with Crippen LogP contribution in [-0.2, 0) is 4.79 Å². The minimum Gasteiger partial charge on any atom is -0.493 e. The molecule has 0 saturated carbocycles. The molecular formula is C18H28N2O4. The van der Waals surface area contributed by atoms with Crippen molar-refractivity contribution >= 4 is 11.6 Å². The Morgan fingerprint density at radius 3 is 2.42 bits per heavy atom. The molecule has 24 heavy (non-hydrogen) atoms. The lowest BCUT2D eigenvalue weighted by atomic mass is 10.00. The Bertz CT molecular complexity index is 537. The lowest BCUT2D eigenvalue weighted by Crippen LogP contribution is -2.39. The van der Waals surface area contributed by atoms with Crippen LogP contribution in [0.5, 0.6) is 17.2 Å². The average molecular weight is 336 g/mol. The largest absolute Gasteiger partial charge is 0.493 e. The Morgan fingerprint density at radius 2 is 1.88 bits per heavy atom. The summed E-state index contributed by atoms with van der Waals surface area (Å²) in [5.74, 6) is 2.56. The van der Waals surface area contributed by atoms with Crippen LogP contribution >= 0.6 is 0 Å². The minimum absolute atomic E-state index is 0.210. The van der Waals surface area contributed by atoms with E-state index in [1.54, 1.807) is 21.3 Å². The fraction of sp³-hybridized carbons (Fsp3) is 0.611. The van der Waals surface area contributed by atoms with Crippen LogP contribution in [0.1, 0.15) is 26.2 Å². The van der Waals surface area contributed by atoms with Crippen LogP contribution in [0.2, 0.25) is 0 Å². The maximum atomic E-state index is 12.3. The van der Waals surface area contributed by atoms with Crippen molar-refractivity contribution in [3.05, 3.63) is 12.1 Å². The van der Waals surface area contributed by atoms with Gasteiger partial charge in [-0.2, -0.15) is 0 Å². The highest BCUT2D eigenvalue weighted by molar-refractivity contribution is 5.77. The maximum Gasteiger partial charge on any atom is 0.224 e. The fourth-order valence-electron chi connectivity index (χ4n) is 3.07. The van der Waals surface area contributed by atoms with Crippen molar-refractivity contribution < 1.29 is 19.0 Å². The molecule has 1 N–H and O–H groups in total. The number of nitrogens with zero attached hydrogens (tertiary/aromatic N) is 1. The van der Waals surface area contributed by atoms with E-state index in [9.17, 15) is 4.79 Å². The number of ether oxygens (including phenoxy) is 3. The van der Waals surface area contributed by atoms with Gasteiger partial charge in [0, 0.05) is 43.9 Å². The summed E-state index contributed by atoms with van der Waals surface area (Å²) in [6.45, 7) is 4.53.